The van der Waals surface area contributed by atoms with Crippen molar-refractivity contribution < 1.29 is 28.6 Å². The smallest absolute Gasteiger partial charge is 0.346 e. The molecular weight excluding hydrogens is 409 g/mol. The number of hydrogen-bond donors (Lipinski definition) is 2. The molecule has 0 saturated heterocycles. The molecule has 1 unspecified atom stereocenters. The van der Waals surface area contributed by atoms with E-state index in [0.717, 1.165) is 16.9 Å². The third kappa shape index (κ3) is 3.39. The van der Waals surface area contributed by atoms with Gasteiger partial charge in [0.05, 0.1) is 19.9 Å². The first-order valence-electron chi connectivity index (χ1n) is 9.10. The van der Waals surface area contributed by atoms with Gasteiger partial charge in [0.1, 0.15) is 22.2 Å². The standard InChI is InChI=1S/C22H18FNO5S/c1-28-13-6-7-14(16(9-13)29-2)15-10-17(25)24-19-18(11-4-3-5-12(23)8-11)21(22(26)27)30-20(15)19/h3-9,15H,10H2,1-2H3,(H,24,25)(H,26,27). The van der Waals surface area contributed by atoms with Crippen LogP contribution in [0, 0.1) is 5.82 Å². The molecule has 0 bridgehead atoms. The minimum atomic E-state index is -1.14. The van der Waals surface area contributed by atoms with Crippen molar-refractivity contribution in [1.29, 1.82) is 0 Å². The van der Waals surface area contributed by atoms with Gasteiger partial charge < -0.3 is 19.9 Å². The molecule has 0 saturated carbocycles. The highest BCUT2D eigenvalue weighted by molar-refractivity contribution is 7.15. The first-order chi connectivity index (χ1) is 14.4. The van der Waals surface area contributed by atoms with Crippen LogP contribution in [0.25, 0.3) is 11.1 Å². The van der Waals surface area contributed by atoms with E-state index in [1.807, 2.05) is 6.07 Å². The maximum Gasteiger partial charge on any atom is 0.346 e. The summed E-state index contributed by atoms with van der Waals surface area (Å²) < 4.78 is 24.6. The zero-order chi connectivity index (χ0) is 21.4. The number of carbonyl (C=O) groups is 2. The van der Waals surface area contributed by atoms with E-state index < -0.39 is 17.7 Å². The monoisotopic (exact) mass is 427 g/mol. The van der Waals surface area contributed by atoms with Gasteiger partial charge in [0, 0.05) is 34.4 Å². The van der Waals surface area contributed by atoms with E-state index in [9.17, 15) is 19.1 Å². The van der Waals surface area contributed by atoms with Crippen LogP contribution in [0.1, 0.15) is 32.5 Å². The fraction of sp³-hybridized carbons (Fsp3) is 0.182. The van der Waals surface area contributed by atoms with Gasteiger partial charge in [-0.1, -0.05) is 18.2 Å². The zero-order valence-corrected chi connectivity index (χ0v) is 17.0. The molecule has 2 N–H and O–H groups in total. The summed E-state index contributed by atoms with van der Waals surface area (Å²) in [5.74, 6) is -1.13. The van der Waals surface area contributed by atoms with Gasteiger partial charge in [-0.2, -0.15) is 0 Å². The summed E-state index contributed by atoms with van der Waals surface area (Å²) >= 11 is 1.08. The number of amides is 1. The number of thiophene rings is 1. The summed E-state index contributed by atoms with van der Waals surface area (Å²) in [4.78, 5) is 25.3. The second-order valence-corrected chi connectivity index (χ2v) is 7.83. The van der Waals surface area contributed by atoms with Crippen LogP contribution < -0.4 is 14.8 Å². The summed E-state index contributed by atoms with van der Waals surface area (Å²) in [6, 6.07) is 11.0. The predicted octanol–water partition coefficient (Wildman–Crippen LogP) is 4.74. The average Bonchev–Trinajstić information content (AvgIpc) is 3.12. The van der Waals surface area contributed by atoms with Gasteiger partial charge in [0.2, 0.25) is 5.91 Å². The van der Waals surface area contributed by atoms with Gasteiger partial charge >= 0.3 is 5.97 Å². The minimum absolute atomic E-state index is 0.0466. The van der Waals surface area contributed by atoms with Crippen LogP contribution in [0.15, 0.2) is 42.5 Å². The normalized spacial score (nSPS) is 15.3. The minimum Gasteiger partial charge on any atom is -0.497 e. The lowest BCUT2D eigenvalue weighted by atomic mass is 9.88. The molecule has 0 spiro atoms. The quantitative estimate of drug-likeness (QED) is 0.614. The first kappa shape index (κ1) is 19.9. The number of benzene rings is 2. The molecule has 154 valence electrons. The van der Waals surface area contributed by atoms with Crippen LogP contribution in [0.2, 0.25) is 0 Å². The largest absolute Gasteiger partial charge is 0.497 e. The molecule has 3 aromatic rings. The molecule has 0 aliphatic carbocycles. The molecule has 1 amide bonds. The first-order valence-corrected chi connectivity index (χ1v) is 9.92. The molecule has 2 aromatic carbocycles. The van der Waals surface area contributed by atoms with Crippen molar-refractivity contribution in [2.45, 2.75) is 12.3 Å². The Morgan fingerprint density at radius 2 is 2.00 bits per heavy atom. The van der Waals surface area contributed by atoms with Crippen molar-refractivity contribution in [2.75, 3.05) is 19.5 Å². The van der Waals surface area contributed by atoms with Crippen molar-refractivity contribution in [3.63, 3.8) is 0 Å². The van der Waals surface area contributed by atoms with Gasteiger partial charge in [-0.3, -0.25) is 4.79 Å². The lowest BCUT2D eigenvalue weighted by molar-refractivity contribution is -0.116. The Hall–Kier alpha value is -3.39. The Morgan fingerprint density at radius 1 is 1.20 bits per heavy atom. The van der Waals surface area contributed by atoms with Crippen LogP contribution in [-0.4, -0.2) is 31.2 Å². The number of carbonyl (C=O) groups excluding carboxylic acids is 1. The average molecular weight is 427 g/mol. The Balaban J connectivity index is 1.94. The molecule has 1 aromatic heterocycles. The second-order valence-electron chi connectivity index (χ2n) is 6.77. The number of anilines is 1. The lowest BCUT2D eigenvalue weighted by Crippen LogP contribution is -2.22. The van der Waals surface area contributed by atoms with E-state index in [-0.39, 0.29) is 17.2 Å². The Morgan fingerprint density at radius 3 is 2.67 bits per heavy atom. The number of ether oxygens (including phenoxy) is 2. The number of halogens is 1. The number of rotatable bonds is 5. The van der Waals surface area contributed by atoms with Crippen LogP contribution in [-0.2, 0) is 4.79 Å². The third-order valence-corrected chi connectivity index (χ3v) is 6.32. The summed E-state index contributed by atoms with van der Waals surface area (Å²) in [5.41, 5.74) is 1.86. The van der Waals surface area contributed by atoms with Gasteiger partial charge in [0.15, 0.2) is 0 Å². The maximum absolute atomic E-state index is 13.9. The van der Waals surface area contributed by atoms with E-state index in [4.69, 9.17) is 9.47 Å². The number of fused-ring (bicyclic) bond motifs is 1. The van der Waals surface area contributed by atoms with Gasteiger partial charge in [-0.15, -0.1) is 11.3 Å². The van der Waals surface area contributed by atoms with Crippen molar-refractivity contribution >= 4 is 28.9 Å². The third-order valence-electron chi connectivity index (χ3n) is 5.03. The van der Waals surface area contributed by atoms with Crippen LogP contribution in [0.5, 0.6) is 11.5 Å². The lowest BCUT2D eigenvalue weighted by Gasteiger charge is -2.25. The second kappa shape index (κ2) is 7.79. The number of carboxylic acids is 1. The number of methoxy groups -OCH3 is 2. The van der Waals surface area contributed by atoms with Gasteiger partial charge in [-0.05, 0) is 23.8 Å². The molecule has 30 heavy (non-hydrogen) atoms. The van der Waals surface area contributed by atoms with Crippen LogP contribution >= 0.6 is 11.3 Å². The van der Waals surface area contributed by atoms with Crippen molar-refractivity contribution in [2.24, 2.45) is 0 Å². The zero-order valence-electron chi connectivity index (χ0n) is 16.2. The molecule has 4 rings (SSSR count). The molecule has 1 aliphatic rings. The fourth-order valence-electron chi connectivity index (χ4n) is 3.71. The Labute approximate surface area is 175 Å². The molecule has 0 fully saturated rings. The highest BCUT2D eigenvalue weighted by atomic mass is 32.1. The van der Waals surface area contributed by atoms with Crippen molar-refractivity contribution in [3.05, 3.63) is 63.6 Å². The van der Waals surface area contributed by atoms with Gasteiger partial charge in [0.25, 0.3) is 0 Å². The molecule has 0 radical (unpaired) electrons. The summed E-state index contributed by atoms with van der Waals surface area (Å²) in [5, 5.41) is 12.6. The SMILES string of the molecule is COc1ccc(C2CC(=O)Nc3c2sc(C(=O)O)c3-c2cccc(F)c2)c(OC)c1. The van der Waals surface area contributed by atoms with Crippen molar-refractivity contribution in [1.82, 2.24) is 0 Å². The van der Waals surface area contributed by atoms with E-state index in [0.29, 0.717) is 33.2 Å². The predicted molar refractivity (Wildman–Crippen MR) is 111 cm³/mol. The molecule has 6 nitrogen and oxygen atoms in total. The van der Waals surface area contributed by atoms with Crippen molar-refractivity contribution in [3.8, 4) is 22.6 Å². The number of hydrogen-bond acceptors (Lipinski definition) is 5. The highest BCUT2D eigenvalue weighted by Crippen LogP contribution is 2.51. The molecule has 1 atom stereocenters. The van der Waals surface area contributed by atoms with Gasteiger partial charge in [-0.25, -0.2) is 9.18 Å². The van der Waals surface area contributed by atoms with E-state index in [2.05, 4.69) is 5.32 Å². The molecule has 2 heterocycles. The number of carboxylic acid groups (broad SMARTS) is 1. The number of nitrogens with one attached hydrogen (secondary N) is 1. The molecular formula is C22H18FNO5S. The maximum atomic E-state index is 13.9. The van der Waals surface area contributed by atoms with E-state index in [1.165, 1.54) is 25.3 Å². The fourth-order valence-corrected chi connectivity index (χ4v) is 4.95. The topological polar surface area (TPSA) is 84.9 Å². The molecule has 1 aliphatic heterocycles. The summed E-state index contributed by atoms with van der Waals surface area (Å²) in [6.07, 6.45) is 0.137. The summed E-state index contributed by atoms with van der Waals surface area (Å²) in [7, 11) is 3.07. The Kier molecular flexibility index (Phi) is 5.17. The van der Waals surface area contributed by atoms with E-state index in [1.54, 1.807) is 25.3 Å². The highest BCUT2D eigenvalue weighted by Gasteiger charge is 2.35. The summed E-state index contributed by atoms with van der Waals surface area (Å²) in [6.45, 7) is 0. The number of aromatic carboxylic acids is 1. The Bertz CT molecular complexity index is 1160. The van der Waals surface area contributed by atoms with Crippen LogP contribution in [0.3, 0.4) is 0 Å². The van der Waals surface area contributed by atoms with Crippen LogP contribution in [0.4, 0.5) is 10.1 Å². The van der Waals surface area contributed by atoms with E-state index >= 15 is 0 Å². The molecule has 8 heteroatoms.